The topological polar surface area (TPSA) is 101 Å². The number of thiophene rings is 1. The Bertz CT molecular complexity index is 1250. The summed E-state index contributed by atoms with van der Waals surface area (Å²) in [4.78, 5) is 36.0. The van der Waals surface area contributed by atoms with E-state index in [0.717, 1.165) is 11.3 Å². The van der Waals surface area contributed by atoms with Crippen LogP contribution in [0.5, 0.6) is 0 Å². The Morgan fingerprint density at radius 3 is 2.64 bits per heavy atom. The van der Waals surface area contributed by atoms with Crippen molar-refractivity contribution in [3.8, 4) is 11.3 Å². The number of rotatable bonds is 3. The minimum Gasteiger partial charge on any atom is -0.365 e. The van der Waals surface area contributed by atoms with Crippen LogP contribution in [0.25, 0.3) is 21.5 Å². The van der Waals surface area contributed by atoms with Gasteiger partial charge >= 0.3 is 6.03 Å². The van der Waals surface area contributed by atoms with Crippen molar-refractivity contribution in [2.24, 2.45) is 5.73 Å². The Kier molecular flexibility index (Phi) is 3.59. The van der Waals surface area contributed by atoms with Crippen molar-refractivity contribution < 1.29 is 9.59 Å². The molecule has 4 heterocycles. The smallest absolute Gasteiger partial charge is 0.331 e. The monoisotopic (exact) mass is 387 g/mol. The summed E-state index contributed by atoms with van der Waals surface area (Å²) < 4.78 is 0. The molecule has 0 bridgehead atoms. The van der Waals surface area contributed by atoms with Gasteiger partial charge in [-0.1, -0.05) is 30.3 Å². The highest BCUT2D eigenvalue weighted by atomic mass is 32.1. The summed E-state index contributed by atoms with van der Waals surface area (Å²) in [5.41, 5.74) is 8.92. The maximum Gasteiger partial charge on any atom is 0.331 e. The number of anilines is 3. The molecular formula is C20H13N5O2S. The number of urea groups is 1. The number of pyridine rings is 2. The van der Waals surface area contributed by atoms with Crippen LogP contribution in [0.15, 0.2) is 60.9 Å². The minimum atomic E-state index is -0.590. The Hall–Kier alpha value is -3.78. The fourth-order valence-electron chi connectivity index (χ4n) is 3.34. The molecule has 3 amide bonds. The molecule has 4 aromatic rings. The molecule has 1 aliphatic rings. The molecule has 0 atom stereocenters. The van der Waals surface area contributed by atoms with Crippen LogP contribution in [-0.4, -0.2) is 21.9 Å². The third-order valence-corrected chi connectivity index (χ3v) is 5.65. The van der Waals surface area contributed by atoms with Crippen molar-refractivity contribution in [1.82, 2.24) is 9.97 Å². The van der Waals surface area contributed by atoms with Crippen molar-refractivity contribution in [2.75, 3.05) is 10.2 Å². The summed E-state index contributed by atoms with van der Waals surface area (Å²) in [6.45, 7) is 0. The summed E-state index contributed by atoms with van der Waals surface area (Å²) in [5, 5.41) is 3.51. The summed E-state index contributed by atoms with van der Waals surface area (Å²) >= 11 is 1.17. The number of hydrogen-bond acceptors (Lipinski definition) is 5. The molecule has 7 nitrogen and oxygen atoms in total. The zero-order valence-corrected chi connectivity index (χ0v) is 15.2. The minimum absolute atomic E-state index is 0.294. The third kappa shape index (κ3) is 2.43. The average molecular weight is 387 g/mol. The lowest BCUT2D eigenvalue weighted by atomic mass is 10.1. The number of primary amides is 1. The molecule has 136 valence electrons. The van der Waals surface area contributed by atoms with E-state index in [-0.39, 0.29) is 6.03 Å². The van der Waals surface area contributed by atoms with E-state index in [1.165, 1.54) is 11.3 Å². The van der Waals surface area contributed by atoms with E-state index in [4.69, 9.17) is 5.73 Å². The summed E-state index contributed by atoms with van der Waals surface area (Å²) in [6.07, 6.45) is 3.29. The number of benzene rings is 1. The largest absolute Gasteiger partial charge is 0.365 e. The number of carbonyl (C=O) groups excluding carboxylic acids is 2. The fraction of sp³-hybridized carbons (Fsp3) is 0. The molecule has 0 saturated carbocycles. The van der Waals surface area contributed by atoms with Crippen LogP contribution in [0.2, 0.25) is 0 Å². The molecule has 0 saturated heterocycles. The first-order valence-electron chi connectivity index (χ1n) is 8.47. The number of nitrogens with two attached hydrogens (primary N) is 1. The zero-order chi connectivity index (χ0) is 19.3. The van der Waals surface area contributed by atoms with Crippen LogP contribution in [0.1, 0.15) is 9.67 Å². The fourth-order valence-corrected chi connectivity index (χ4v) is 4.31. The molecule has 8 heteroatoms. The highest BCUT2D eigenvalue weighted by Crippen LogP contribution is 2.45. The standard InChI is InChI=1S/C20H13N5O2S/c21-18(26)17-16-15-14(7-9-23-19(15)28-17)25(20(27)24-16)12-6-8-22-13(10-12)11-4-2-1-3-5-11/h1-10H,(H2,21,26)(H,24,27). The van der Waals surface area contributed by atoms with Gasteiger partial charge in [0.2, 0.25) is 0 Å². The van der Waals surface area contributed by atoms with Gasteiger partial charge in [0.05, 0.1) is 28.1 Å². The number of nitrogens with one attached hydrogen (secondary N) is 1. The van der Waals surface area contributed by atoms with Crippen molar-refractivity contribution in [3.05, 3.63) is 65.8 Å². The van der Waals surface area contributed by atoms with Gasteiger partial charge in [-0.3, -0.25) is 14.7 Å². The highest BCUT2D eigenvalue weighted by molar-refractivity contribution is 7.21. The van der Waals surface area contributed by atoms with Crippen molar-refractivity contribution in [1.29, 1.82) is 0 Å². The van der Waals surface area contributed by atoms with E-state index in [9.17, 15) is 9.59 Å². The van der Waals surface area contributed by atoms with Gasteiger partial charge in [0.15, 0.2) is 0 Å². The molecule has 1 aromatic carbocycles. The Morgan fingerprint density at radius 1 is 1.07 bits per heavy atom. The SMILES string of the molecule is NC(=O)c1sc2nccc3c2c1NC(=O)N3c1ccnc(-c2ccccc2)c1. The van der Waals surface area contributed by atoms with E-state index in [0.29, 0.717) is 32.2 Å². The van der Waals surface area contributed by atoms with Crippen LogP contribution in [0, 0.1) is 0 Å². The summed E-state index contributed by atoms with van der Waals surface area (Å²) in [7, 11) is 0. The lowest BCUT2D eigenvalue weighted by Crippen LogP contribution is -2.34. The lowest BCUT2D eigenvalue weighted by Gasteiger charge is -2.28. The number of aromatic nitrogens is 2. The van der Waals surface area contributed by atoms with E-state index >= 15 is 0 Å². The normalized spacial score (nSPS) is 12.9. The Labute approximate surface area is 163 Å². The molecule has 0 radical (unpaired) electrons. The predicted molar refractivity (Wildman–Crippen MR) is 109 cm³/mol. The van der Waals surface area contributed by atoms with Crippen molar-refractivity contribution >= 4 is 50.6 Å². The van der Waals surface area contributed by atoms with E-state index < -0.39 is 5.91 Å². The molecule has 3 aromatic heterocycles. The van der Waals surface area contributed by atoms with Gasteiger partial charge in [0.25, 0.3) is 5.91 Å². The first-order chi connectivity index (χ1) is 13.6. The van der Waals surface area contributed by atoms with Gasteiger partial charge in [0.1, 0.15) is 9.71 Å². The number of carbonyl (C=O) groups is 2. The molecule has 1 aliphatic heterocycles. The van der Waals surface area contributed by atoms with E-state index in [1.54, 1.807) is 29.4 Å². The molecule has 0 spiro atoms. The van der Waals surface area contributed by atoms with Gasteiger partial charge in [-0.15, -0.1) is 11.3 Å². The van der Waals surface area contributed by atoms with Crippen LogP contribution < -0.4 is 16.0 Å². The predicted octanol–water partition coefficient (Wildman–Crippen LogP) is 4.14. The van der Waals surface area contributed by atoms with Crippen LogP contribution in [-0.2, 0) is 0 Å². The average Bonchev–Trinajstić information content (AvgIpc) is 3.09. The maximum absolute atomic E-state index is 12.9. The number of hydrogen-bond donors (Lipinski definition) is 2. The molecular weight excluding hydrogens is 374 g/mol. The second-order valence-corrected chi connectivity index (χ2v) is 7.21. The summed E-state index contributed by atoms with van der Waals surface area (Å²) in [6, 6.07) is 14.7. The van der Waals surface area contributed by atoms with Crippen molar-refractivity contribution in [3.63, 3.8) is 0 Å². The molecule has 3 N–H and O–H groups in total. The first-order valence-corrected chi connectivity index (χ1v) is 9.29. The first kappa shape index (κ1) is 16.4. The number of nitrogens with zero attached hydrogens (tertiary/aromatic N) is 3. The van der Waals surface area contributed by atoms with Gasteiger partial charge in [0, 0.05) is 18.0 Å². The highest BCUT2D eigenvalue weighted by Gasteiger charge is 2.32. The van der Waals surface area contributed by atoms with Gasteiger partial charge in [-0.05, 0) is 18.2 Å². The molecule has 28 heavy (non-hydrogen) atoms. The van der Waals surface area contributed by atoms with Crippen LogP contribution >= 0.6 is 11.3 Å². The van der Waals surface area contributed by atoms with E-state index in [2.05, 4.69) is 15.3 Å². The molecule has 0 aliphatic carbocycles. The second kappa shape index (κ2) is 6.14. The number of amides is 3. The van der Waals surface area contributed by atoms with Crippen LogP contribution in [0.3, 0.4) is 0 Å². The zero-order valence-electron chi connectivity index (χ0n) is 14.4. The molecule has 0 unspecified atom stereocenters. The van der Waals surface area contributed by atoms with Crippen LogP contribution in [0.4, 0.5) is 21.9 Å². The van der Waals surface area contributed by atoms with Gasteiger partial charge in [-0.25, -0.2) is 9.78 Å². The summed E-state index contributed by atoms with van der Waals surface area (Å²) in [5.74, 6) is -0.590. The Morgan fingerprint density at radius 2 is 1.86 bits per heavy atom. The van der Waals surface area contributed by atoms with Gasteiger partial charge < -0.3 is 11.1 Å². The quantitative estimate of drug-likeness (QED) is 0.551. The van der Waals surface area contributed by atoms with Gasteiger partial charge in [-0.2, -0.15) is 0 Å². The second-order valence-electron chi connectivity index (χ2n) is 6.21. The molecule has 0 fully saturated rings. The maximum atomic E-state index is 12.9. The van der Waals surface area contributed by atoms with E-state index in [1.807, 2.05) is 36.4 Å². The molecule has 5 rings (SSSR count). The Balaban J connectivity index is 1.70. The third-order valence-electron chi connectivity index (χ3n) is 4.54. The lowest BCUT2D eigenvalue weighted by molar-refractivity contribution is 0.100. The van der Waals surface area contributed by atoms with Crippen molar-refractivity contribution in [2.45, 2.75) is 0 Å².